The largest absolute Gasteiger partial charge is 0.519 e. The van der Waals surface area contributed by atoms with Crippen LogP contribution in [0.15, 0.2) is 23.6 Å². The summed E-state index contributed by atoms with van der Waals surface area (Å²) in [6.07, 6.45) is 0. The Kier molecular flexibility index (Phi) is 3.58. The van der Waals surface area contributed by atoms with Gasteiger partial charge >= 0.3 is 0 Å². The van der Waals surface area contributed by atoms with Gasteiger partial charge in [-0.1, -0.05) is 5.56 Å². The molecule has 1 aromatic rings. The summed E-state index contributed by atoms with van der Waals surface area (Å²) in [5.41, 5.74) is 0.938. The maximum Gasteiger partial charge on any atom is 0.257 e. The van der Waals surface area contributed by atoms with Gasteiger partial charge in [0.05, 0.1) is 11.2 Å². The Labute approximate surface area is 114 Å². The van der Waals surface area contributed by atoms with Crippen molar-refractivity contribution in [2.45, 2.75) is 0 Å². The van der Waals surface area contributed by atoms with Crippen molar-refractivity contribution in [2.24, 2.45) is 0 Å². The molecule has 6 heteroatoms. The van der Waals surface area contributed by atoms with Crippen LogP contribution in [0.4, 0.5) is 5.69 Å². The van der Waals surface area contributed by atoms with Gasteiger partial charge in [0, 0.05) is 39.8 Å². The minimum Gasteiger partial charge on any atom is -0.519 e. The van der Waals surface area contributed by atoms with Crippen LogP contribution >= 0.6 is 0 Å². The van der Waals surface area contributed by atoms with Crippen LogP contribution in [0, 0.1) is 6.07 Å². The van der Waals surface area contributed by atoms with Crippen LogP contribution in [0.3, 0.4) is 0 Å². The summed E-state index contributed by atoms with van der Waals surface area (Å²) in [6.45, 7) is 0. The number of fused-ring (bicyclic) bond motifs is 1. The average molecular weight is 299 g/mol. The maximum atomic E-state index is 11.4. The van der Waals surface area contributed by atoms with Crippen molar-refractivity contribution in [2.75, 3.05) is 11.4 Å². The van der Waals surface area contributed by atoms with E-state index in [9.17, 15) is 13.5 Å². The summed E-state index contributed by atoms with van der Waals surface area (Å²) in [6, 6.07) is 7.52. The zero-order valence-electron chi connectivity index (χ0n) is 8.01. The third-order valence-corrected chi connectivity index (χ3v) is 3.58. The fourth-order valence-corrected chi connectivity index (χ4v) is 2.32. The monoisotopic (exact) mass is 299 g/mol. The first-order valence-electron chi connectivity index (χ1n) is 3.92. The molecule has 1 N–H and O–H groups in total. The molecule has 2 rings (SSSR count). The van der Waals surface area contributed by atoms with Crippen molar-refractivity contribution in [3.8, 4) is 0 Å². The summed E-state index contributed by atoms with van der Waals surface area (Å²) in [5, 5.41) is 10.3. The third-order valence-electron chi connectivity index (χ3n) is 2.10. The van der Waals surface area contributed by atoms with Crippen LogP contribution in [-0.4, -0.2) is 20.6 Å². The fraction of sp³-hybridized carbons (Fsp3) is 0.111. The number of benzene rings is 1. The molecule has 0 unspecified atom stereocenters. The van der Waals surface area contributed by atoms with Crippen LogP contribution in [0.1, 0.15) is 5.56 Å². The molecule has 15 heavy (non-hydrogen) atoms. The van der Waals surface area contributed by atoms with Crippen LogP contribution < -0.4 is 4.31 Å². The minimum atomic E-state index is -3.52. The van der Waals surface area contributed by atoms with Crippen molar-refractivity contribution in [3.05, 3.63) is 35.2 Å². The Morgan fingerprint density at radius 1 is 1.47 bits per heavy atom. The van der Waals surface area contributed by atoms with Crippen LogP contribution in [0.25, 0.3) is 5.76 Å². The van der Waals surface area contributed by atoms with E-state index in [1.165, 1.54) is 7.05 Å². The molecule has 1 radical (unpaired) electrons. The van der Waals surface area contributed by atoms with E-state index in [-0.39, 0.29) is 38.5 Å². The van der Waals surface area contributed by atoms with Gasteiger partial charge in [-0.05, 0) is 5.69 Å². The quantitative estimate of drug-likeness (QED) is 0.730. The Hall–Kier alpha value is -0.386. The second-order valence-electron chi connectivity index (χ2n) is 2.96. The number of aliphatic hydroxyl groups excluding tert-OH is 1. The first kappa shape index (κ1) is 12.7. The van der Waals surface area contributed by atoms with E-state index in [0.717, 1.165) is 9.71 Å². The first-order chi connectivity index (χ1) is 6.52. The van der Waals surface area contributed by atoms with Gasteiger partial charge in [-0.25, -0.2) is 8.42 Å². The number of hydrogen-bond donors (Lipinski definition) is 1. The standard InChI is InChI=1S/C9H8NO3S.Y/c1-10-8-5-3-2-4-7(8)9(11)6-14(10,12)13;/h3-6,11H,1H3;/q-1;. The number of nitrogens with zero attached hydrogens (tertiary/aromatic N) is 1. The van der Waals surface area contributed by atoms with Crippen molar-refractivity contribution in [1.29, 1.82) is 0 Å². The molecule has 0 amide bonds. The summed E-state index contributed by atoms with van der Waals surface area (Å²) >= 11 is 0. The van der Waals surface area contributed by atoms with Gasteiger partial charge in [-0.2, -0.15) is 18.2 Å². The van der Waals surface area contributed by atoms with Crippen molar-refractivity contribution < 1.29 is 46.2 Å². The normalized spacial score (nSPS) is 17.4. The predicted octanol–water partition coefficient (Wildman–Crippen LogP) is 1.12. The molecule has 1 aliphatic rings. The van der Waals surface area contributed by atoms with E-state index in [4.69, 9.17) is 0 Å². The van der Waals surface area contributed by atoms with E-state index < -0.39 is 10.0 Å². The van der Waals surface area contributed by atoms with Gasteiger partial charge in [-0.3, -0.25) is 4.31 Å². The molecule has 1 aromatic carbocycles. The van der Waals surface area contributed by atoms with E-state index in [1.54, 1.807) is 18.2 Å². The average Bonchev–Trinajstić information content (AvgIpc) is 2.14. The van der Waals surface area contributed by atoms with Gasteiger partial charge in [0.1, 0.15) is 0 Å². The molecule has 0 aromatic heterocycles. The number of anilines is 1. The molecule has 4 nitrogen and oxygen atoms in total. The van der Waals surface area contributed by atoms with Crippen LogP contribution in [-0.2, 0) is 42.7 Å². The number of hydrogen-bond acceptors (Lipinski definition) is 3. The van der Waals surface area contributed by atoms with Crippen molar-refractivity contribution >= 4 is 21.5 Å². The number of aliphatic hydroxyl groups is 1. The van der Waals surface area contributed by atoms with E-state index in [1.807, 2.05) is 0 Å². The van der Waals surface area contributed by atoms with Gasteiger partial charge in [0.15, 0.2) is 0 Å². The topological polar surface area (TPSA) is 57.6 Å². The molecule has 0 fully saturated rings. The molecule has 0 saturated heterocycles. The molecule has 1 heterocycles. The zero-order valence-corrected chi connectivity index (χ0v) is 11.7. The molecule has 0 saturated carbocycles. The Morgan fingerprint density at radius 2 is 2.13 bits per heavy atom. The van der Waals surface area contributed by atoms with Crippen LogP contribution in [0.5, 0.6) is 0 Å². The van der Waals surface area contributed by atoms with Gasteiger partial charge < -0.3 is 5.11 Å². The molecule has 0 spiro atoms. The molecular formula is C9H8NO3SY-. The molecular weight excluding hydrogens is 291 g/mol. The first-order valence-corrected chi connectivity index (χ1v) is 5.43. The predicted molar refractivity (Wildman–Crippen MR) is 53.2 cm³/mol. The summed E-state index contributed by atoms with van der Waals surface area (Å²) in [4.78, 5) is 0. The SMILES string of the molecule is CN1c2cc[c-]cc2C(O)=CS1(=O)=O.[Y]. The summed E-state index contributed by atoms with van der Waals surface area (Å²) < 4.78 is 24.0. The third kappa shape index (κ3) is 2.09. The van der Waals surface area contributed by atoms with E-state index in [0.29, 0.717) is 11.3 Å². The number of rotatable bonds is 0. The van der Waals surface area contributed by atoms with Crippen LogP contribution in [0.2, 0.25) is 0 Å². The second-order valence-corrected chi connectivity index (χ2v) is 4.77. The van der Waals surface area contributed by atoms with Gasteiger partial charge in [0.2, 0.25) is 0 Å². The molecule has 0 aliphatic carbocycles. The molecule has 1 aliphatic heterocycles. The molecule has 0 bridgehead atoms. The zero-order chi connectivity index (χ0) is 10.3. The fourth-order valence-electron chi connectivity index (χ4n) is 1.32. The number of sulfonamides is 1. The Balaban J connectivity index is 0.00000112. The summed E-state index contributed by atoms with van der Waals surface area (Å²) in [5.74, 6) is -0.241. The molecule has 0 atom stereocenters. The second kappa shape index (κ2) is 4.24. The van der Waals surface area contributed by atoms with Crippen molar-refractivity contribution in [1.82, 2.24) is 0 Å². The van der Waals surface area contributed by atoms with E-state index >= 15 is 0 Å². The molecule has 77 valence electrons. The van der Waals surface area contributed by atoms with Gasteiger partial charge in [0.25, 0.3) is 10.0 Å². The Morgan fingerprint density at radius 3 is 2.80 bits per heavy atom. The smallest absolute Gasteiger partial charge is 0.257 e. The summed E-state index contributed by atoms with van der Waals surface area (Å²) in [7, 11) is -2.08. The van der Waals surface area contributed by atoms with Crippen molar-refractivity contribution in [3.63, 3.8) is 0 Å². The maximum absolute atomic E-state index is 11.4. The minimum absolute atomic E-state index is 0. The van der Waals surface area contributed by atoms with E-state index in [2.05, 4.69) is 6.07 Å². The van der Waals surface area contributed by atoms with Gasteiger partial charge in [-0.15, -0.1) is 6.07 Å². The Bertz CT molecular complexity index is 510.